The van der Waals surface area contributed by atoms with Gasteiger partial charge in [-0.15, -0.1) is 0 Å². The zero-order valence-corrected chi connectivity index (χ0v) is 11.2. The maximum atomic E-state index is 5.96. The number of hydrogen-bond acceptors (Lipinski definition) is 5. The Bertz CT molecular complexity index is 427. The van der Waals surface area contributed by atoms with Crippen LogP contribution in [0.4, 0.5) is 5.69 Å². The predicted octanol–water partition coefficient (Wildman–Crippen LogP) is 1.50. The minimum absolute atomic E-state index is 0.271. The van der Waals surface area contributed by atoms with E-state index in [9.17, 15) is 0 Å². The first-order valence-corrected chi connectivity index (χ1v) is 7.15. The molecular formula is C14H21N3O2. The normalized spacial score (nSPS) is 26.9. The number of rotatable bonds is 4. The van der Waals surface area contributed by atoms with Crippen LogP contribution in [0.5, 0.6) is 0 Å². The molecule has 5 heteroatoms. The molecule has 0 amide bonds. The van der Waals surface area contributed by atoms with Crippen LogP contribution in [-0.4, -0.2) is 35.4 Å². The number of nitrogen functional groups attached to an aromatic ring is 1. The first-order valence-electron chi connectivity index (χ1n) is 7.15. The summed E-state index contributed by atoms with van der Waals surface area (Å²) in [6.07, 6.45) is 8.35. The van der Waals surface area contributed by atoms with E-state index in [2.05, 4.69) is 9.97 Å². The van der Waals surface area contributed by atoms with Crippen LogP contribution < -0.4 is 5.73 Å². The van der Waals surface area contributed by atoms with Crippen molar-refractivity contribution in [1.29, 1.82) is 0 Å². The fourth-order valence-corrected chi connectivity index (χ4v) is 2.76. The molecule has 0 aromatic carbocycles. The molecule has 104 valence electrons. The number of nitrogens with two attached hydrogens (primary N) is 1. The average molecular weight is 263 g/mol. The number of hydrogen-bond donors (Lipinski definition) is 1. The summed E-state index contributed by atoms with van der Waals surface area (Å²) < 4.78 is 11.3. The molecule has 0 bridgehead atoms. The van der Waals surface area contributed by atoms with Crippen molar-refractivity contribution in [2.75, 3.05) is 18.9 Å². The van der Waals surface area contributed by atoms with E-state index >= 15 is 0 Å². The highest BCUT2D eigenvalue weighted by molar-refractivity contribution is 5.40. The Labute approximate surface area is 113 Å². The van der Waals surface area contributed by atoms with Crippen LogP contribution in [0.15, 0.2) is 6.20 Å². The minimum atomic E-state index is 0.271. The zero-order chi connectivity index (χ0) is 13.1. The van der Waals surface area contributed by atoms with E-state index in [4.69, 9.17) is 15.2 Å². The second kappa shape index (κ2) is 5.84. The van der Waals surface area contributed by atoms with Crippen LogP contribution in [0.3, 0.4) is 0 Å². The summed E-state index contributed by atoms with van der Waals surface area (Å²) in [4.78, 5) is 8.92. The van der Waals surface area contributed by atoms with Crippen molar-refractivity contribution in [1.82, 2.24) is 9.97 Å². The molecule has 2 saturated heterocycles. The van der Waals surface area contributed by atoms with Crippen LogP contribution >= 0.6 is 0 Å². The first-order chi connectivity index (χ1) is 9.31. The Morgan fingerprint density at radius 2 is 1.79 bits per heavy atom. The molecule has 2 fully saturated rings. The van der Waals surface area contributed by atoms with Crippen molar-refractivity contribution >= 4 is 5.69 Å². The third kappa shape index (κ3) is 3.22. The number of nitrogens with zero attached hydrogens (tertiary/aromatic N) is 2. The van der Waals surface area contributed by atoms with Gasteiger partial charge in [0.25, 0.3) is 0 Å². The molecule has 2 atom stereocenters. The van der Waals surface area contributed by atoms with Gasteiger partial charge < -0.3 is 15.2 Å². The minimum Gasteiger partial charge on any atom is -0.396 e. The third-order valence-electron chi connectivity index (χ3n) is 3.83. The molecule has 1 aromatic heterocycles. The van der Waals surface area contributed by atoms with E-state index in [1.807, 2.05) is 0 Å². The molecule has 2 unspecified atom stereocenters. The molecule has 0 saturated carbocycles. The summed E-state index contributed by atoms with van der Waals surface area (Å²) >= 11 is 0. The van der Waals surface area contributed by atoms with Crippen molar-refractivity contribution in [3.63, 3.8) is 0 Å². The fraction of sp³-hybridized carbons (Fsp3) is 0.714. The highest BCUT2D eigenvalue weighted by Gasteiger charge is 2.20. The van der Waals surface area contributed by atoms with E-state index in [1.54, 1.807) is 6.20 Å². The quantitative estimate of drug-likeness (QED) is 0.891. The Kier molecular flexibility index (Phi) is 3.94. The summed E-state index contributed by atoms with van der Waals surface area (Å²) in [5, 5.41) is 0. The van der Waals surface area contributed by atoms with Gasteiger partial charge in [0.15, 0.2) is 0 Å². The average Bonchev–Trinajstić information content (AvgIpc) is 3.07. The second-order valence-corrected chi connectivity index (χ2v) is 5.37. The third-order valence-corrected chi connectivity index (χ3v) is 3.83. The van der Waals surface area contributed by atoms with Crippen molar-refractivity contribution in [2.45, 2.75) is 50.7 Å². The van der Waals surface area contributed by atoms with Crippen molar-refractivity contribution in [2.24, 2.45) is 0 Å². The summed E-state index contributed by atoms with van der Waals surface area (Å²) in [5.41, 5.74) is 7.56. The number of anilines is 1. The molecule has 2 aliphatic rings. The molecule has 1 aromatic rings. The lowest BCUT2D eigenvalue weighted by molar-refractivity contribution is 0.108. The summed E-state index contributed by atoms with van der Waals surface area (Å²) in [6.45, 7) is 1.72. The molecule has 0 spiro atoms. The number of ether oxygens (including phenoxy) is 2. The van der Waals surface area contributed by atoms with Crippen LogP contribution in [0.25, 0.3) is 0 Å². The maximum absolute atomic E-state index is 5.96. The molecule has 3 rings (SSSR count). The molecule has 19 heavy (non-hydrogen) atoms. The molecule has 2 N–H and O–H groups in total. The van der Waals surface area contributed by atoms with Crippen LogP contribution in [0, 0.1) is 0 Å². The van der Waals surface area contributed by atoms with Gasteiger partial charge in [-0.05, 0) is 25.7 Å². The van der Waals surface area contributed by atoms with E-state index in [0.717, 1.165) is 63.3 Å². The Balaban J connectivity index is 1.67. The topological polar surface area (TPSA) is 70.3 Å². The fourth-order valence-electron chi connectivity index (χ4n) is 2.76. The monoisotopic (exact) mass is 263 g/mol. The van der Waals surface area contributed by atoms with Gasteiger partial charge in [-0.3, -0.25) is 0 Å². The van der Waals surface area contributed by atoms with Gasteiger partial charge in [0.1, 0.15) is 5.82 Å². The molecule has 3 heterocycles. The lowest BCUT2D eigenvalue weighted by atomic mass is 10.1. The molecule has 0 aliphatic carbocycles. The largest absolute Gasteiger partial charge is 0.396 e. The van der Waals surface area contributed by atoms with Crippen molar-refractivity contribution in [3.8, 4) is 0 Å². The van der Waals surface area contributed by atoms with Gasteiger partial charge in [0, 0.05) is 26.1 Å². The summed E-state index contributed by atoms with van der Waals surface area (Å²) in [5.74, 6) is 0.842. The van der Waals surface area contributed by atoms with Gasteiger partial charge in [-0.25, -0.2) is 9.97 Å². The lowest BCUT2D eigenvalue weighted by Crippen LogP contribution is -2.16. The standard InChI is InChI=1S/C14H21N3O2/c15-12-9-16-14(8-11-4-2-6-19-11)17-13(12)7-10-3-1-5-18-10/h9-11H,1-8,15H2. The van der Waals surface area contributed by atoms with Gasteiger partial charge >= 0.3 is 0 Å². The maximum Gasteiger partial charge on any atom is 0.131 e. The van der Waals surface area contributed by atoms with Gasteiger partial charge in [0.05, 0.1) is 29.8 Å². The lowest BCUT2D eigenvalue weighted by Gasteiger charge is -2.13. The van der Waals surface area contributed by atoms with Crippen LogP contribution in [-0.2, 0) is 22.3 Å². The highest BCUT2D eigenvalue weighted by atomic mass is 16.5. The van der Waals surface area contributed by atoms with Crippen LogP contribution in [0.2, 0.25) is 0 Å². The van der Waals surface area contributed by atoms with E-state index in [0.29, 0.717) is 5.69 Å². The number of aromatic nitrogens is 2. The van der Waals surface area contributed by atoms with E-state index in [-0.39, 0.29) is 12.2 Å². The van der Waals surface area contributed by atoms with E-state index in [1.165, 1.54) is 0 Å². The molecule has 2 aliphatic heterocycles. The summed E-state index contributed by atoms with van der Waals surface area (Å²) in [6, 6.07) is 0. The zero-order valence-electron chi connectivity index (χ0n) is 11.2. The Morgan fingerprint density at radius 1 is 1.11 bits per heavy atom. The van der Waals surface area contributed by atoms with E-state index < -0.39 is 0 Å². The van der Waals surface area contributed by atoms with Gasteiger partial charge in [-0.2, -0.15) is 0 Å². The summed E-state index contributed by atoms with van der Waals surface area (Å²) in [7, 11) is 0. The Morgan fingerprint density at radius 3 is 2.42 bits per heavy atom. The molecular weight excluding hydrogens is 242 g/mol. The first kappa shape index (κ1) is 12.8. The van der Waals surface area contributed by atoms with Crippen LogP contribution in [0.1, 0.15) is 37.2 Å². The second-order valence-electron chi connectivity index (χ2n) is 5.37. The Hall–Kier alpha value is -1.20. The predicted molar refractivity (Wildman–Crippen MR) is 71.8 cm³/mol. The molecule has 0 radical (unpaired) electrons. The smallest absolute Gasteiger partial charge is 0.131 e. The van der Waals surface area contributed by atoms with Crippen molar-refractivity contribution in [3.05, 3.63) is 17.7 Å². The molecule has 5 nitrogen and oxygen atoms in total. The van der Waals surface area contributed by atoms with Crippen molar-refractivity contribution < 1.29 is 9.47 Å². The van der Waals surface area contributed by atoms with Gasteiger partial charge in [-0.1, -0.05) is 0 Å². The van der Waals surface area contributed by atoms with Gasteiger partial charge in [0.2, 0.25) is 0 Å². The highest BCUT2D eigenvalue weighted by Crippen LogP contribution is 2.20. The SMILES string of the molecule is Nc1cnc(CC2CCCO2)nc1CC1CCCO1.